The first kappa shape index (κ1) is 88.8. The lowest BCUT2D eigenvalue weighted by Gasteiger charge is -2.35. The number of aromatic amines is 4. The molecule has 30 heteroatoms. The number of rotatable bonds is 22. The van der Waals surface area contributed by atoms with Gasteiger partial charge in [-0.2, -0.15) is 0 Å². The SMILES string of the molecule is CCN1CCN(c2ccc(Nc3ccc(-c4cc[nH]c(=O)c4)n4ccnc34)cc2)CC1.Cc1ccc(CNC(=O)c2ccc(Nc3ccc(-c4cc[nH]c(=O)c4)n4ccnc34)cc2)cc1.Cc1ccccc1CNC(=O)c1ccc(Nc2ccc(-c3cc[nH]c(=O)c3)n3ccnc23)cc1.O=C(c1ccc(Nc2ccc(-c3cc[nH]c(=O)c3)n3ccnc23)cc1)N1CCN(c2ccccn2)CC1. The van der Waals surface area contributed by atoms with Crippen LogP contribution in [-0.4, -0.2) is 149 Å². The van der Waals surface area contributed by atoms with Crippen molar-refractivity contribution in [2.24, 2.45) is 0 Å². The molecule has 13 aromatic heterocycles. The van der Waals surface area contributed by atoms with Crippen molar-refractivity contribution in [2.45, 2.75) is 33.9 Å². The molecule has 2 aliphatic rings. The van der Waals surface area contributed by atoms with Crippen molar-refractivity contribution in [3.05, 3.63) is 422 Å². The van der Waals surface area contributed by atoms with Crippen LogP contribution in [0.3, 0.4) is 0 Å². The van der Waals surface area contributed by atoms with Crippen LogP contribution in [0, 0.1) is 13.8 Å². The minimum atomic E-state index is -0.157. The first-order valence-electron chi connectivity index (χ1n) is 44.7. The Morgan fingerprint density at radius 1 is 0.346 bits per heavy atom. The number of benzene rings is 6. The van der Waals surface area contributed by atoms with Gasteiger partial charge in [-0.25, -0.2) is 24.9 Å². The molecule has 136 heavy (non-hydrogen) atoms. The predicted molar refractivity (Wildman–Crippen MR) is 535 cm³/mol. The summed E-state index contributed by atoms with van der Waals surface area (Å²) < 4.78 is 7.81. The largest absolute Gasteiger partial charge is 0.369 e. The number of hydrogen-bond acceptors (Lipinski definition) is 19. The minimum Gasteiger partial charge on any atom is -0.369 e. The zero-order valence-electron chi connectivity index (χ0n) is 74.8. The number of aromatic nitrogens is 13. The number of H-pyrrole nitrogens is 4. The topological polar surface area (TPSA) is 350 Å². The van der Waals surface area contributed by atoms with Crippen molar-refractivity contribution in [2.75, 3.05) is 90.0 Å². The predicted octanol–water partition coefficient (Wildman–Crippen LogP) is 16.7. The molecule has 15 heterocycles. The molecule has 10 N–H and O–H groups in total. The number of hydrogen-bond donors (Lipinski definition) is 10. The molecule has 6 aromatic carbocycles. The lowest BCUT2D eigenvalue weighted by atomic mass is 10.1. The summed E-state index contributed by atoms with van der Waals surface area (Å²) in [5, 5.41) is 19.6. The van der Waals surface area contributed by atoms with E-state index in [0.717, 1.165) is 181 Å². The zero-order valence-corrected chi connectivity index (χ0v) is 74.8. The molecule has 30 nitrogen and oxygen atoms in total. The average molecular weight is 1810 g/mol. The number of nitrogens with zero attached hydrogens (tertiary/aromatic N) is 13. The maximum absolute atomic E-state index is 13.1. The number of imidazole rings is 4. The molecule has 0 spiro atoms. The summed E-state index contributed by atoms with van der Waals surface area (Å²) in [6.07, 6.45) is 22.8. The number of likely N-dealkylation sites (N-methyl/N-ethyl adjacent to an activating group) is 1. The quantitative estimate of drug-likeness (QED) is 0.0301. The Balaban J connectivity index is 0.000000121. The van der Waals surface area contributed by atoms with Gasteiger partial charge in [0.05, 0.1) is 45.5 Å². The van der Waals surface area contributed by atoms with Gasteiger partial charge in [0.25, 0.3) is 17.7 Å². The van der Waals surface area contributed by atoms with Crippen molar-refractivity contribution in [1.82, 2.24) is 82.9 Å². The fraction of sp³-hybridized carbons (Fsp3) is 0.132. The van der Waals surface area contributed by atoms with Crippen LogP contribution in [0.15, 0.2) is 361 Å². The van der Waals surface area contributed by atoms with Gasteiger partial charge in [0.2, 0.25) is 22.2 Å². The highest BCUT2D eigenvalue weighted by Crippen LogP contribution is 2.34. The summed E-state index contributed by atoms with van der Waals surface area (Å²) in [7, 11) is 0. The normalized spacial score (nSPS) is 12.5. The fourth-order valence-corrected chi connectivity index (χ4v) is 16.5. The van der Waals surface area contributed by atoms with Gasteiger partial charge in [-0.1, -0.05) is 67.1 Å². The number of anilines is 10. The van der Waals surface area contributed by atoms with Crippen molar-refractivity contribution < 1.29 is 14.4 Å². The zero-order chi connectivity index (χ0) is 93.4. The van der Waals surface area contributed by atoms with Crippen molar-refractivity contribution in [1.29, 1.82) is 0 Å². The number of pyridine rings is 9. The first-order chi connectivity index (χ1) is 66.5. The van der Waals surface area contributed by atoms with Crippen LogP contribution >= 0.6 is 0 Å². The number of aryl methyl sites for hydroxylation is 2. The summed E-state index contributed by atoms with van der Waals surface area (Å²) in [6.45, 7) is 15.6. The Morgan fingerprint density at radius 3 is 1.09 bits per heavy atom. The summed E-state index contributed by atoms with van der Waals surface area (Å²) in [5.41, 5.74) is 23.7. The molecular weight excluding hydrogens is 1710 g/mol. The highest BCUT2D eigenvalue weighted by molar-refractivity contribution is 5.97. The summed E-state index contributed by atoms with van der Waals surface area (Å²) in [5.74, 6) is 0.741. The van der Waals surface area contributed by atoms with Gasteiger partial charge < -0.3 is 71.4 Å². The van der Waals surface area contributed by atoms with Gasteiger partial charge in [0.1, 0.15) is 5.82 Å². The fourth-order valence-electron chi connectivity index (χ4n) is 16.5. The number of nitrogens with one attached hydrogen (secondary N) is 10. The molecule has 0 saturated carbocycles. The van der Waals surface area contributed by atoms with E-state index in [1.54, 1.807) is 104 Å². The number of piperazine rings is 2. The van der Waals surface area contributed by atoms with E-state index in [1.165, 1.54) is 11.3 Å². The first-order valence-corrected chi connectivity index (χ1v) is 44.7. The maximum Gasteiger partial charge on any atom is 0.253 e. The monoisotopic (exact) mass is 1800 g/mol. The van der Waals surface area contributed by atoms with E-state index in [4.69, 9.17) is 0 Å². The molecule has 678 valence electrons. The lowest BCUT2D eigenvalue weighted by molar-refractivity contribution is 0.0746. The number of amides is 3. The molecule has 19 aromatic rings. The van der Waals surface area contributed by atoms with Crippen LogP contribution in [0.5, 0.6) is 0 Å². The van der Waals surface area contributed by atoms with Crippen molar-refractivity contribution in [3.8, 4) is 45.0 Å². The molecule has 21 rings (SSSR count). The van der Waals surface area contributed by atoms with E-state index in [-0.39, 0.29) is 40.0 Å². The van der Waals surface area contributed by atoms with Crippen LogP contribution < -0.4 is 63.9 Å². The third-order valence-electron chi connectivity index (χ3n) is 23.9. The second kappa shape index (κ2) is 41.1. The van der Waals surface area contributed by atoms with E-state index >= 15 is 0 Å². The maximum atomic E-state index is 13.1. The number of carbonyl (C=O) groups is 3. The standard InChI is InChI=1S/C28H25N7O2.2C27H23N5O2.C24H26N6O/c36-26-19-21(10-12-30-26)24-9-8-23(27-31-13-14-35(24)27)32-22-6-4-20(5-7-22)28(37)34-17-15-33(16-18-34)25-3-1-2-11-29-25;1-18-2-4-19(5-3-18)17-30-27(34)20-6-8-22(9-7-20)31-23-10-11-24(32-15-14-29-26(23)32)21-12-13-28-25(33)16-21;1-18-4-2-3-5-21(18)17-30-27(34)19-6-8-22(9-7-19)31-23-10-11-24(32-15-14-29-26(23)32)20-12-13-28-25(33)16-20;1-2-28-13-15-29(16-14-28)20-5-3-19(4-6-20)27-21-7-8-22(30-12-11-26-24(21)30)18-9-10-25-23(31)17-18/h1-14,19,32H,15-18H2,(H,30,36);2*2-16,31H,17H2,1H3,(H,28,33)(H,30,34);3-12,17,27H,2,13-16H2,1H3,(H,25,31). The number of carbonyl (C=O) groups excluding carboxylic acids is 3. The second-order valence-electron chi connectivity index (χ2n) is 32.7. The Bertz CT molecular complexity index is 7700. The van der Waals surface area contributed by atoms with Crippen molar-refractivity contribution in [3.63, 3.8) is 0 Å². The molecule has 0 atom stereocenters. The Kier molecular flexibility index (Phi) is 26.8. The summed E-state index contributed by atoms with van der Waals surface area (Å²) in [6, 6.07) is 82.1. The van der Waals surface area contributed by atoms with Crippen molar-refractivity contribution >= 4 is 97.3 Å². The Hall–Kier alpha value is -17.8. The molecule has 2 saturated heterocycles. The molecule has 0 aliphatic carbocycles. The average Bonchev–Trinajstić information content (AvgIpc) is 1.61. The second-order valence-corrected chi connectivity index (χ2v) is 32.7. The smallest absolute Gasteiger partial charge is 0.253 e. The van der Waals surface area contributed by atoms with Crippen LogP contribution in [0.25, 0.3) is 67.6 Å². The lowest BCUT2D eigenvalue weighted by Crippen LogP contribution is -2.49. The van der Waals surface area contributed by atoms with Gasteiger partial charge in [0.15, 0.2) is 22.6 Å². The van der Waals surface area contributed by atoms with Crippen LogP contribution in [-0.2, 0) is 13.1 Å². The molecular formula is C106H97N23O7. The molecule has 0 bridgehead atoms. The minimum absolute atomic E-state index is 0.0325. The third-order valence-corrected chi connectivity index (χ3v) is 23.9. The highest BCUT2D eigenvalue weighted by Gasteiger charge is 2.25. The van der Waals surface area contributed by atoms with Crippen LogP contribution in [0.1, 0.15) is 60.3 Å². The molecule has 0 unspecified atom stereocenters. The van der Waals surface area contributed by atoms with Gasteiger partial charge in [0, 0.05) is 238 Å². The molecule has 3 amide bonds. The van der Waals surface area contributed by atoms with Gasteiger partial charge >= 0.3 is 0 Å². The molecule has 2 aliphatic heterocycles. The Morgan fingerprint density at radius 2 is 0.713 bits per heavy atom. The number of fused-ring (bicyclic) bond motifs is 4. The van der Waals surface area contributed by atoms with E-state index in [2.05, 4.69) is 123 Å². The summed E-state index contributed by atoms with van der Waals surface area (Å²) in [4.78, 5) is 127. The highest BCUT2D eigenvalue weighted by atomic mass is 16.2. The van der Waals surface area contributed by atoms with E-state index in [9.17, 15) is 33.6 Å². The van der Waals surface area contributed by atoms with Crippen LogP contribution in [0.4, 0.5) is 57.0 Å². The molecule has 0 radical (unpaired) electrons. The van der Waals surface area contributed by atoms with E-state index in [0.29, 0.717) is 42.9 Å². The van der Waals surface area contributed by atoms with Gasteiger partial charge in [-0.3, -0.25) is 51.2 Å². The van der Waals surface area contributed by atoms with Gasteiger partial charge in [-0.05, 0) is 219 Å². The third kappa shape index (κ3) is 21.0. The molecule has 2 fully saturated rings. The Labute approximate surface area is 780 Å². The van der Waals surface area contributed by atoms with E-state index in [1.807, 2.05) is 249 Å². The van der Waals surface area contributed by atoms with E-state index < -0.39 is 0 Å². The van der Waals surface area contributed by atoms with Crippen LogP contribution in [0.2, 0.25) is 0 Å². The summed E-state index contributed by atoms with van der Waals surface area (Å²) >= 11 is 0. The van der Waals surface area contributed by atoms with Gasteiger partial charge in [-0.15, -0.1) is 0 Å².